The fraction of sp³-hybridized carbons (Fsp3) is 0.261. The highest BCUT2D eigenvalue weighted by Crippen LogP contribution is 2.41. The van der Waals surface area contributed by atoms with Crippen molar-refractivity contribution in [1.29, 1.82) is 0 Å². The molecule has 7 heteroatoms. The molecule has 0 saturated heterocycles. The molecular weight excluding hydrogens is 379 g/mol. The van der Waals surface area contributed by atoms with Gasteiger partial charge in [-0.25, -0.2) is 9.37 Å². The van der Waals surface area contributed by atoms with E-state index in [1.807, 2.05) is 19.9 Å². The molecule has 30 heavy (non-hydrogen) atoms. The van der Waals surface area contributed by atoms with Crippen LogP contribution in [0.25, 0.3) is 22.2 Å². The number of anilines is 2. The summed E-state index contributed by atoms with van der Waals surface area (Å²) in [6.45, 7) is 4.01. The lowest BCUT2D eigenvalue weighted by Gasteiger charge is -2.16. The van der Waals surface area contributed by atoms with Gasteiger partial charge in [0.15, 0.2) is 0 Å². The summed E-state index contributed by atoms with van der Waals surface area (Å²) < 4.78 is 13.2. The summed E-state index contributed by atoms with van der Waals surface area (Å²) in [5, 5.41) is 11.7. The Morgan fingerprint density at radius 1 is 1.13 bits per heavy atom. The summed E-state index contributed by atoms with van der Waals surface area (Å²) in [4.78, 5) is 9.20. The molecule has 0 spiro atoms. The van der Waals surface area contributed by atoms with E-state index in [2.05, 4.69) is 32.6 Å². The third-order valence-electron chi connectivity index (χ3n) is 5.58. The van der Waals surface area contributed by atoms with Gasteiger partial charge in [0, 0.05) is 17.2 Å². The summed E-state index contributed by atoms with van der Waals surface area (Å²) in [6, 6.07) is 12.5. The van der Waals surface area contributed by atoms with Gasteiger partial charge in [-0.15, -0.1) is 0 Å². The van der Waals surface area contributed by atoms with E-state index in [0.29, 0.717) is 17.7 Å². The Kier molecular flexibility index (Phi) is 4.38. The number of hydrogen-bond acceptors (Lipinski definition) is 5. The van der Waals surface area contributed by atoms with Crippen molar-refractivity contribution >= 4 is 22.7 Å². The summed E-state index contributed by atoms with van der Waals surface area (Å²) in [7, 11) is 0. The molecule has 2 aromatic carbocycles. The van der Waals surface area contributed by atoms with Crippen LogP contribution in [-0.4, -0.2) is 20.2 Å². The third kappa shape index (κ3) is 3.47. The highest BCUT2D eigenvalue weighted by atomic mass is 19.1. The van der Waals surface area contributed by atoms with Crippen LogP contribution in [-0.2, 0) is 0 Å². The van der Waals surface area contributed by atoms with Crippen LogP contribution in [0, 0.1) is 12.7 Å². The van der Waals surface area contributed by atoms with Gasteiger partial charge in [0.05, 0.1) is 22.6 Å². The van der Waals surface area contributed by atoms with Crippen LogP contribution in [0.2, 0.25) is 0 Å². The fourth-order valence-corrected chi connectivity index (χ4v) is 3.81. The van der Waals surface area contributed by atoms with Gasteiger partial charge in [-0.2, -0.15) is 10.1 Å². The normalized spacial score (nSPS) is 14.8. The Morgan fingerprint density at radius 2 is 1.90 bits per heavy atom. The fourth-order valence-electron chi connectivity index (χ4n) is 3.81. The second-order valence-corrected chi connectivity index (χ2v) is 8.04. The zero-order valence-electron chi connectivity index (χ0n) is 16.9. The quantitative estimate of drug-likeness (QED) is 0.432. The first-order chi connectivity index (χ1) is 14.5. The molecule has 0 unspecified atom stereocenters. The van der Waals surface area contributed by atoms with Gasteiger partial charge in [0.2, 0.25) is 5.95 Å². The molecular formula is C23H23FN6. The second-order valence-electron chi connectivity index (χ2n) is 8.04. The van der Waals surface area contributed by atoms with Gasteiger partial charge in [0.25, 0.3) is 0 Å². The van der Waals surface area contributed by atoms with Crippen molar-refractivity contribution in [3.8, 4) is 11.3 Å². The van der Waals surface area contributed by atoms with Crippen molar-refractivity contribution in [3.63, 3.8) is 0 Å². The van der Waals surface area contributed by atoms with Gasteiger partial charge in [-0.1, -0.05) is 12.1 Å². The maximum atomic E-state index is 13.2. The predicted octanol–water partition coefficient (Wildman–Crippen LogP) is 5.10. The monoisotopic (exact) mass is 402 g/mol. The van der Waals surface area contributed by atoms with E-state index in [1.165, 1.54) is 30.7 Å². The third-order valence-corrected chi connectivity index (χ3v) is 5.58. The van der Waals surface area contributed by atoms with Crippen molar-refractivity contribution in [1.82, 2.24) is 20.2 Å². The Labute approximate surface area is 173 Å². The van der Waals surface area contributed by atoms with Crippen LogP contribution in [0.5, 0.6) is 0 Å². The lowest BCUT2D eigenvalue weighted by Crippen LogP contribution is -2.11. The van der Waals surface area contributed by atoms with Crippen LogP contribution in [0.3, 0.4) is 0 Å². The number of aryl methyl sites for hydroxylation is 1. The molecule has 152 valence electrons. The molecule has 5 rings (SSSR count). The van der Waals surface area contributed by atoms with E-state index < -0.39 is 0 Å². The molecule has 0 aliphatic heterocycles. The number of fused-ring (bicyclic) bond motifs is 1. The molecule has 6 nitrogen and oxygen atoms in total. The number of halogens is 1. The molecule has 4 N–H and O–H groups in total. The zero-order valence-corrected chi connectivity index (χ0v) is 16.9. The van der Waals surface area contributed by atoms with Crippen molar-refractivity contribution in [2.75, 3.05) is 11.1 Å². The Morgan fingerprint density at radius 3 is 2.63 bits per heavy atom. The summed E-state index contributed by atoms with van der Waals surface area (Å²) in [5.74, 6) is 1.18. The van der Waals surface area contributed by atoms with E-state index in [1.54, 1.807) is 12.1 Å². The first-order valence-corrected chi connectivity index (χ1v) is 10.1. The summed E-state index contributed by atoms with van der Waals surface area (Å²) in [6.07, 6.45) is 2.42. The molecule has 1 atom stereocenters. The minimum atomic E-state index is -0.261. The van der Waals surface area contributed by atoms with Gasteiger partial charge >= 0.3 is 0 Å². The Balaban J connectivity index is 1.52. The lowest BCUT2D eigenvalue weighted by molar-refractivity contribution is 0.626. The van der Waals surface area contributed by atoms with Gasteiger partial charge in [0.1, 0.15) is 11.6 Å². The van der Waals surface area contributed by atoms with Crippen molar-refractivity contribution in [2.24, 2.45) is 0 Å². The number of benzene rings is 2. The molecule has 1 aliphatic rings. The average Bonchev–Trinajstić information content (AvgIpc) is 3.44. The van der Waals surface area contributed by atoms with Crippen molar-refractivity contribution in [3.05, 3.63) is 65.1 Å². The molecule has 0 radical (unpaired) electrons. The molecule has 2 aromatic heterocycles. The number of nitrogens with two attached hydrogens (primary N) is 1. The first kappa shape index (κ1) is 18.5. The maximum absolute atomic E-state index is 13.2. The lowest BCUT2D eigenvalue weighted by atomic mass is 10.0. The average molecular weight is 402 g/mol. The highest BCUT2D eigenvalue weighted by Gasteiger charge is 2.26. The van der Waals surface area contributed by atoms with Crippen LogP contribution in [0.1, 0.15) is 48.5 Å². The van der Waals surface area contributed by atoms with Crippen LogP contribution in [0.4, 0.5) is 16.2 Å². The Hall–Kier alpha value is -3.48. The molecule has 1 saturated carbocycles. The Bertz CT molecular complexity index is 1230. The molecule has 0 bridgehead atoms. The first-order valence-electron chi connectivity index (χ1n) is 10.1. The number of nitrogen functional groups attached to an aromatic ring is 1. The predicted molar refractivity (Wildman–Crippen MR) is 117 cm³/mol. The number of nitrogens with one attached hydrogen (secondary N) is 2. The smallest absolute Gasteiger partial charge is 0.225 e. The highest BCUT2D eigenvalue weighted by molar-refractivity contribution is 6.01. The van der Waals surface area contributed by atoms with Crippen molar-refractivity contribution in [2.45, 2.75) is 38.6 Å². The number of aromatic amines is 1. The summed E-state index contributed by atoms with van der Waals surface area (Å²) in [5.41, 5.74) is 12.1. The van der Waals surface area contributed by atoms with Gasteiger partial charge in [-0.3, -0.25) is 5.10 Å². The van der Waals surface area contributed by atoms with Gasteiger partial charge in [-0.05, 0) is 68.1 Å². The van der Waals surface area contributed by atoms with Gasteiger partial charge < -0.3 is 11.1 Å². The van der Waals surface area contributed by atoms with E-state index in [4.69, 9.17) is 10.7 Å². The van der Waals surface area contributed by atoms with Crippen LogP contribution < -0.4 is 11.1 Å². The molecule has 1 aliphatic carbocycles. The number of H-pyrrole nitrogens is 1. The zero-order chi connectivity index (χ0) is 20.8. The molecule has 2 heterocycles. The minimum Gasteiger partial charge on any atom is -0.383 e. The number of nitrogens with zero attached hydrogens (tertiary/aromatic N) is 3. The largest absolute Gasteiger partial charge is 0.383 e. The van der Waals surface area contributed by atoms with Crippen LogP contribution in [0.15, 0.2) is 42.5 Å². The van der Waals surface area contributed by atoms with E-state index in [0.717, 1.165) is 33.3 Å². The topological polar surface area (TPSA) is 92.5 Å². The van der Waals surface area contributed by atoms with E-state index >= 15 is 0 Å². The van der Waals surface area contributed by atoms with E-state index in [9.17, 15) is 4.39 Å². The summed E-state index contributed by atoms with van der Waals surface area (Å²) >= 11 is 0. The molecule has 0 amide bonds. The molecule has 1 fully saturated rings. The van der Waals surface area contributed by atoms with Crippen molar-refractivity contribution < 1.29 is 4.39 Å². The standard InChI is InChI=1S/C23H23FN6/c1-12-9-17(19-11-18(29-30-19)15-3-4-15)21-20(10-12)27-23(28-22(21)25)26-13(2)14-5-7-16(24)8-6-14/h5-11,13,15H,3-4H2,1-2H3,(H,29,30)(H3,25,26,27,28)/t13-/m0/s1. The SMILES string of the molecule is Cc1cc(-c2cc(C3CC3)[nH]n2)c2c(N)nc(N[C@@H](C)c3ccc(F)cc3)nc2c1. The number of aromatic nitrogens is 4. The number of hydrogen-bond donors (Lipinski definition) is 3. The maximum Gasteiger partial charge on any atom is 0.225 e. The van der Waals surface area contributed by atoms with E-state index in [-0.39, 0.29) is 11.9 Å². The second kappa shape index (κ2) is 7.09. The number of rotatable bonds is 5. The van der Waals surface area contributed by atoms with Crippen LogP contribution >= 0.6 is 0 Å². The minimum absolute atomic E-state index is 0.0980. The molecule has 4 aromatic rings.